The van der Waals surface area contributed by atoms with Crippen LogP contribution < -0.4 is 11.1 Å². The van der Waals surface area contributed by atoms with Gasteiger partial charge in [0.05, 0.1) is 6.04 Å². The van der Waals surface area contributed by atoms with Crippen LogP contribution in [-0.2, 0) is 4.79 Å². The molecule has 0 saturated carbocycles. The Hall–Kier alpha value is -2.07. The molecule has 1 amide bonds. The predicted octanol–water partition coefficient (Wildman–Crippen LogP) is 2.40. The van der Waals surface area contributed by atoms with Crippen molar-refractivity contribution in [2.75, 3.05) is 5.32 Å². The quantitative estimate of drug-likeness (QED) is 0.883. The van der Waals surface area contributed by atoms with Crippen molar-refractivity contribution in [3.8, 4) is 5.69 Å². The molecule has 0 saturated heterocycles. The summed E-state index contributed by atoms with van der Waals surface area (Å²) in [5, 5.41) is 2.85. The van der Waals surface area contributed by atoms with Crippen molar-refractivity contribution in [1.29, 1.82) is 0 Å². The van der Waals surface area contributed by atoms with Gasteiger partial charge in [-0.05, 0) is 36.2 Å². The van der Waals surface area contributed by atoms with Crippen molar-refractivity contribution in [2.24, 2.45) is 11.7 Å². The molecular formula is C15H19N3O. The van der Waals surface area contributed by atoms with E-state index in [1.165, 1.54) is 0 Å². The summed E-state index contributed by atoms with van der Waals surface area (Å²) in [6.07, 6.45) is 3.92. The fourth-order valence-electron chi connectivity index (χ4n) is 1.78. The van der Waals surface area contributed by atoms with Gasteiger partial charge in [-0.25, -0.2) is 0 Å². The number of hydrogen-bond donors (Lipinski definition) is 2. The Bertz CT molecular complexity index is 546. The summed E-state index contributed by atoms with van der Waals surface area (Å²) in [7, 11) is 0. The zero-order chi connectivity index (χ0) is 13.8. The Morgan fingerprint density at radius 3 is 2.53 bits per heavy atom. The summed E-state index contributed by atoms with van der Waals surface area (Å²) in [4.78, 5) is 11.9. The maximum absolute atomic E-state index is 11.9. The van der Waals surface area contributed by atoms with Crippen LogP contribution in [-0.4, -0.2) is 16.5 Å². The number of rotatable bonds is 4. The zero-order valence-electron chi connectivity index (χ0n) is 11.2. The molecule has 1 aromatic heterocycles. The Morgan fingerprint density at radius 2 is 1.89 bits per heavy atom. The first kappa shape index (κ1) is 13.4. The van der Waals surface area contributed by atoms with Gasteiger partial charge in [0.15, 0.2) is 0 Å². The molecule has 2 aromatic rings. The lowest BCUT2D eigenvalue weighted by Gasteiger charge is -2.15. The molecule has 0 spiro atoms. The second kappa shape index (κ2) is 5.71. The average molecular weight is 257 g/mol. The number of hydrogen-bond acceptors (Lipinski definition) is 2. The largest absolute Gasteiger partial charge is 0.325 e. The minimum Gasteiger partial charge on any atom is -0.325 e. The monoisotopic (exact) mass is 257 g/mol. The van der Waals surface area contributed by atoms with E-state index in [1.807, 2.05) is 67.2 Å². The normalized spacial score (nSPS) is 12.4. The second-order valence-electron chi connectivity index (χ2n) is 4.90. The van der Waals surface area contributed by atoms with E-state index in [0.717, 1.165) is 11.4 Å². The lowest BCUT2D eigenvalue weighted by atomic mass is 10.0. The van der Waals surface area contributed by atoms with E-state index in [1.54, 1.807) is 0 Å². The molecule has 100 valence electrons. The number of carbonyl (C=O) groups excluding carboxylic acids is 1. The first-order valence-electron chi connectivity index (χ1n) is 6.38. The molecule has 0 bridgehead atoms. The highest BCUT2D eigenvalue weighted by atomic mass is 16.2. The SMILES string of the molecule is CC(C)[C@H](N)C(=O)Nc1cccc(-n2cccc2)c1. The fourth-order valence-corrected chi connectivity index (χ4v) is 1.78. The van der Waals surface area contributed by atoms with E-state index < -0.39 is 6.04 Å². The van der Waals surface area contributed by atoms with Crippen molar-refractivity contribution >= 4 is 11.6 Å². The number of anilines is 1. The Balaban J connectivity index is 2.14. The number of carbonyl (C=O) groups is 1. The van der Waals surface area contributed by atoms with Gasteiger partial charge in [0.1, 0.15) is 0 Å². The molecule has 0 radical (unpaired) electrons. The third kappa shape index (κ3) is 3.23. The van der Waals surface area contributed by atoms with Crippen molar-refractivity contribution in [3.63, 3.8) is 0 Å². The van der Waals surface area contributed by atoms with Gasteiger partial charge in [-0.1, -0.05) is 19.9 Å². The highest BCUT2D eigenvalue weighted by molar-refractivity contribution is 5.95. The van der Waals surface area contributed by atoms with Gasteiger partial charge in [0.25, 0.3) is 0 Å². The molecule has 1 aromatic carbocycles. The third-order valence-electron chi connectivity index (χ3n) is 3.04. The molecule has 0 aliphatic rings. The first-order valence-corrected chi connectivity index (χ1v) is 6.38. The highest BCUT2D eigenvalue weighted by Crippen LogP contribution is 2.15. The first-order chi connectivity index (χ1) is 9.08. The molecule has 0 unspecified atom stereocenters. The number of benzene rings is 1. The van der Waals surface area contributed by atoms with E-state index >= 15 is 0 Å². The lowest BCUT2D eigenvalue weighted by Crippen LogP contribution is -2.39. The Labute approximate surface area is 113 Å². The molecule has 2 rings (SSSR count). The molecule has 1 heterocycles. The minimum absolute atomic E-state index is 0.118. The molecule has 1 atom stereocenters. The summed E-state index contributed by atoms with van der Waals surface area (Å²) in [6, 6.07) is 11.1. The van der Waals surface area contributed by atoms with Crippen LogP contribution in [0.4, 0.5) is 5.69 Å². The summed E-state index contributed by atoms with van der Waals surface area (Å²) >= 11 is 0. The number of aromatic nitrogens is 1. The summed E-state index contributed by atoms with van der Waals surface area (Å²) in [5.74, 6) is -0.0349. The van der Waals surface area contributed by atoms with Crippen LogP contribution in [0.25, 0.3) is 5.69 Å². The number of nitrogens with zero attached hydrogens (tertiary/aromatic N) is 1. The molecule has 0 aliphatic heterocycles. The van der Waals surface area contributed by atoms with Crippen LogP contribution in [0.1, 0.15) is 13.8 Å². The minimum atomic E-state index is -0.491. The maximum atomic E-state index is 11.9. The summed E-state index contributed by atoms with van der Waals surface area (Å²) < 4.78 is 1.98. The van der Waals surface area contributed by atoms with Crippen LogP contribution in [0.2, 0.25) is 0 Å². The second-order valence-corrected chi connectivity index (χ2v) is 4.90. The van der Waals surface area contributed by atoms with Crippen LogP contribution in [0.3, 0.4) is 0 Å². The molecule has 4 nitrogen and oxygen atoms in total. The van der Waals surface area contributed by atoms with Gasteiger partial charge >= 0.3 is 0 Å². The van der Waals surface area contributed by atoms with Gasteiger partial charge in [0.2, 0.25) is 5.91 Å². The Kier molecular flexibility index (Phi) is 4.02. The van der Waals surface area contributed by atoms with Crippen molar-refractivity contribution in [1.82, 2.24) is 4.57 Å². The van der Waals surface area contributed by atoms with Crippen LogP contribution in [0.5, 0.6) is 0 Å². The Morgan fingerprint density at radius 1 is 1.21 bits per heavy atom. The van der Waals surface area contributed by atoms with E-state index in [9.17, 15) is 4.79 Å². The van der Waals surface area contributed by atoms with Crippen LogP contribution >= 0.6 is 0 Å². The van der Waals surface area contributed by atoms with Gasteiger partial charge in [-0.15, -0.1) is 0 Å². The van der Waals surface area contributed by atoms with E-state index in [4.69, 9.17) is 5.73 Å². The zero-order valence-corrected chi connectivity index (χ0v) is 11.2. The number of nitrogens with two attached hydrogens (primary N) is 1. The fraction of sp³-hybridized carbons (Fsp3) is 0.267. The van der Waals surface area contributed by atoms with Crippen molar-refractivity contribution < 1.29 is 4.79 Å². The average Bonchev–Trinajstić information content (AvgIpc) is 2.91. The molecule has 0 aliphatic carbocycles. The maximum Gasteiger partial charge on any atom is 0.241 e. The molecule has 3 N–H and O–H groups in total. The van der Waals surface area contributed by atoms with Crippen LogP contribution in [0, 0.1) is 5.92 Å². The smallest absolute Gasteiger partial charge is 0.241 e. The van der Waals surface area contributed by atoms with Gasteiger partial charge < -0.3 is 15.6 Å². The summed E-state index contributed by atoms with van der Waals surface area (Å²) in [5.41, 5.74) is 7.58. The van der Waals surface area contributed by atoms with Gasteiger partial charge in [-0.3, -0.25) is 4.79 Å². The van der Waals surface area contributed by atoms with Crippen molar-refractivity contribution in [3.05, 3.63) is 48.8 Å². The molecule has 4 heteroatoms. The molecule has 0 fully saturated rings. The lowest BCUT2D eigenvalue weighted by molar-refractivity contribution is -0.118. The summed E-state index contributed by atoms with van der Waals surface area (Å²) in [6.45, 7) is 3.86. The molecule has 19 heavy (non-hydrogen) atoms. The van der Waals surface area contributed by atoms with E-state index in [-0.39, 0.29) is 11.8 Å². The van der Waals surface area contributed by atoms with E-state index in [2.05, 4.69) is 5.32 Å². The topological polar surface area (TPSA) is 60.1 Å². The van der Waals surface area contributed by atoms with Gasteiger partial charge in [-0.2, -0.15) is 0 Å². The third-order valence-corrected chi connectivity index (χ3v) is 3.04. The molecular weight excluding hydrogens is 238 g/mol. The standard InChI is InChI=1S/C15H19N3O/c1-11(2)14(16)15(19)17-12-6-5-7-13(10-12)18-8-3-4-9-18/h3-11,14H,16H2,1-2H3,(H,17,19)/t14-/m0/s1. The predicted molar refractivity (Wildman–Crippen MR) is 77.2 cm³/mol. The van der Waals surface area contributed by atoms with Crippen molar-refractivity contribution in [2.45, 2.75) is 19.9 Å². The van der Waals surface area contributed by atoms with Gasteiger partial charge in [0, 0.05) is 23.8 Å². The highest BCUT2D eigenvalue weighted by Gasteiger charge is 2.17. The van der Waals surface area contributed by atoms with E-state index in [0.29, 0.717) is 0 Å². The van der Waals surface area contributed by atoms with Crippen LogP contribution in [0.15, 0.2) is 48.8 Å². The number of nitrogens with one attached hydrogen (secondary N) is 1. The number of amides is 1.